The fourth-order valence-corrected chi connectivity index (χ4v) is 3.54. The highest BCUT2D eigenvalue weighted by atomic mass is 16.5. The molecule has 0 spiro atoms. The molecular formula is C14H22O2. The van der Waals surface area contributed by atoms with Gasteiger partial charge in [0.2, 0.25) is 0 Å². The summed E-state index contributed by atoms with van der Waals surface area (Å²) in [5, 5.41) is 0. The van der Waals surface area contributed by atoms with E-state index >= 15 is 0 Å². The zero-order valence-electron chi connectivity index (χ0n) is 10.8. The molecule has 0 aromatic heterocycles. The first-order chi connectivity index (χ1) is 7.29. The smallest absolute Gasteiger partial charge is 0.333 e. The molecule has 2 rings (SSSR count). The highest BCUT2D eigenvalue weighted by Gasteiger charge is 2.62. The highest BCUT2D eigenvalue weighted by molar-refractivity contribution is 5.87. The largest absolute Gasteiger partial charge is 0.458 e. The van der Waals surface area contributed by atoms with E-state index in [9.17, 15) is 4.79 Å². The molecule has 1 unspecified atom stereocenters. The van der Waals surface area contributed by atoms with E-state index in [1.54, 1.807) is 6.92 Å². The maximum absolute atomic E-state index is 11.6. The van der Waals surface area contributed by atoms with E-state index in [2.05, 4.69) is 27.4 Å². The number of rotatable bonds is 2. The second kappa shape index (κ2) is 3.35. The van der Waals surface area contributed by atoms with Crippen LogP contribution >= 0.6 is 0 Å². The Labute approximate surface area is 98.1 Å². The third-order valence-corrected chi connectivity index (χ3v) is 5.31. The van der Waals surface area contributed by atoms with Gasteiger partial charge in [0, 0.05) is 11.0 Å². The molecule has 2 aliphatic carbocycles. The molecule has 0 aromatic carbocycles. The molecule has 2 nitrogen and oxygen atoms in total. The summed E-state index contributed by atoms with van der Waals surface area (Å²) in [5.41, 5.74) is 0.958. The maximum atomic E-state index is 11.6. The van der Waals surface area contributed by atoms with Crippen LogP contribution in [0.25, 0.3) is 0 Å². The predicted molar refractivity (Wildman–Crippen MR) is 63.9 cm³/mol. The van der Waals surface area contributed by atoms with Crippen LogP contribution in [0.15, 0.2) is 12.2 Å². The maximum Gasteiger partial charge on any atom is 0.333 e. The fourth-order valence-electron chi connectivity index (χ4n) is 3.54. The van der Waals surface area contributed by atoms with Gasteiger partial charge in [0.15, 0.2) is 0 Å². The lowest BCUT2D eigenvalue weighted by Crippen LogP contribution is -2.38. The molecule has 0 radical (unpaired) electrons. The van der Waals surface area contributed by atoms with Gasteiger partial charge in [-0.15, -0.1) is 0 Å². The summed E-state index contributed by atoms with van der Waals surface area (Å²) >= 11 is 0. The Bertz CT molecular complexity index is 343. The van der Waals surface area contributed by atoms with Gasteiger partial charge in [0.1, 0.15) is 6.10 Å². The van der Waals surface area contributed by atoms with Crippen molar-refractivity contribution in [1.82, 2.24) is 0 Å². The third kappa shape index (κ3) is 1.35. The van der Waals surface area contributed by atoms with Crippen LogP contribution in [0.3, 0.4) is 0 Å². The zero-order valence-corrected chi connectivity index (χ0v) is 10.8. The highest BCUT2D eigenvalue weighted by Crippen LogP contribution is 2.66. The van der Waals surface area contributed by atoms with Crippen LogP contribution < -0.4 is 0 Å². The Kier molecular flexibility index (Phi) is 2.45. The molecule has 2 bridgehead atoms. The molecule has 0 saturated heterocycles. The molecule has 90 valence electrons. The van der Waals surface area contributed by atoms with Crippen molar-refractivity contribution in [2.75, 3.05) is 0 Å². The summed E-state index contributed by atoms with van der Waals surface area (Å²) in [7, 11) is 0. The summed E-state index contributed by atoms with van der Waals surface area (Å²) in [4.78, 5) is 11.6. The third-order valence-electron chi connectivity index (χ3n) is 5.31. The van der Waals surface area contributed by atoms with Gasteiger partial charge in [-0.2, -0.15) is 0 Å². The molecule has 0 amide bonds. The van der Waals surface area contributed by atoms with Crippen molar-refractivity contribution in [3.8, 4) is 0 Å². The number of fused-ring (bicyclic) bond motifs is 2. The molecule has 2 saturated carbocycles. The quantitative estimate of drug-likeness (QED) is 0.529. The lowest BCUT2D eigenvalue weighted by molar-refractivity contribution is -0.151. The Morgan fingerprint density at radius 3 is 2.38 bits per heavy atom. The van der Waals surface area contributed by atoms with Gasteiger partial charge in [-0.1, -0.05) is 27.4 Å². The Morgan fingerprint density at radius 1 is 1.38 bits per heavy atom. The fraction of sp³-hybridized carbons (Fsp3) is 0.786. The van der Waals surface area contributed by atoms with Gasteiger partial charge < -0.3 is 4.74 Å². The average Bonchev–Trinajstić information content (AvgIpc) is 2.50. The molecule has 2 heteroatoms. The minimum atomic E-state index is -0.227. The molecule has 0 heterocycles. The van der Waals surface area contributed by atoms with Crippen molar-refractivity contribution in [2.24, 2.45) is 16.7 Å². The standard InChI is InChI=1S/C14H22O2/c1-9(2)12(15)16-11-8-10-6-7-14(11,5)13(10,3)4/h10-11H,1,6-8H2,2-5H3/t10-,11?,14-/m0/s1. The predicted octanol–water partition coefficient (Wildman–Crippen LogP) is 3.32. The number of hydrogen-bond acceptors (Lipinski definition) is 2. The second-order valence-electron chi connectivity index (χ2n) is 6.28. The minimum Gasteiger partial charge on any atom is -0.458 e. The van der Waals surface area contributed by atoms with Crippen LogP contribution in [0.5, 0.6) is 0 Å². The van der Waals surface area contributed by atoms with Crippen molar-refractivity contribution in [2.45, 2.75) is 53.1 Å². The first kappa shape index (κ1) is 11.7. The van der Waals surface area contributed by atoms with E-state index in [1.165, 1.54) is 12.8 Å². The topological polar surface area (TPSA) is 26.3 Å². The summed E-state index contributed by atoms with van der Waals surface area (Å²) in [5.74, 6) is 0.481. The summed E-state index contributed by atoms with van der Waals surface area (Å²) in [6.45, 7) is 12.3. The van der Waals surface area contributed by atoms with Crippen molar-refractivity contribution in [3.05, 3.63) is 12.2 Å². The lowest BCUT2D eigenvalue weighted by atomic mass is 9.70. The number of ether oxygens (including phenoxy) is 1. The molecule has 0 aliphatic heterocycles. The van der Waals surface area contributed by atoms with Crippen LogP contribution in [0.2, 0.25) is 0 Å². The summed E-state index contributed by atoms with van der Waals surface area (Å²) in [6.07, 6.45) is 3.58. The van der Waals surface area contributed by atoms with E-state index in [0.717, 1.165) is 6.42 Å². The van der Waals surface area contributed by atoms with Crippen LogP contribution in [0.1, 0.15) is 47.0 Å². The summed E-state index contributed by atoms with van der Waals surface area (Å²) in [6, 6.07) is 0. The average molecular weight is 222 g/mol. The van der Waals surface area contributed by atoms with E-state index in [-0.39, 0.29) is 17.5 Å². The van der Waals surface area contributed by atoms with Crippen LogP contribution in [0.4, 0.5) is 0 Å². The number of carbonyl (C=O) groups is 1. The van der Waals surface area contributed by atoms with Gasteiger partial charge in [-0.3, -0.25) is 0 Å². The van der Waals surface area contributed by atoms with Crippen molar-refractivity contribution in [3.63, 3.8) is 0 Å². The van der Waals surface area contributed by atoms with Crippen LogP contribution in [0, 0.1) is 16.7 Å². The normalized spacial score (nSPS) is 39.8. The van der Waals surface area contributed by atoms with Crippen molar-refractivity contribution in [1.29, 1.82) is 0 Å². The van der Waals surface area contributed by atoms with Gasteiger partial charge in [0.05, 0.1) is 0 Å². The van der Waals surface area contributed by atoms with Crippen LogP contribution in [-0.2, 0) is 9.53 Å². The van der Waals surface area contributed by atoms with Crippen LogP contribution in [-0.4, -0.2) is 12.1 Å². The van der Waals surface area contributed by atoms with Crippen molar-refractivity contribution < 1.29 is 9.53 Å². The van der Waals surface area contributed by atoms with Gasteiger partial charge in [0.25, 0.3) is 0 Å². The van der Waals surface area contributed by atoms with Gasteiger partial charge in [-0.05, 0) is 37.5 Å². The molecule has 16 heavy (non-hydrogen) atoms. The SMILES string of the molecule is C=C(C)C(=O)OC1C[C@@H]2CC[C@]1(C)C2(C)C. The molecular weight excluding hydrogens is 200 g/mol. The lowest BCUT2D eigenvalue weighted by Gasteiger charge is -2.38. The van der Waals surface area contributed by atoms with Gasteiger partial charge >= 0.3 is 5.97 Å². The van der Waals surface area contributed by atoms with E-state index < -0.39 is 0 Å². The Balaban J connectivity index is 2.16. The van der Waals surface area contributed by atoms with Crippen molar-refractivity contribution >= 4 is 5.97 Å². The first-order valence-electron chi connectivity index (χ1n) is 6.15. The summed E-state index contributed by atoms with van der Waals surface area (Å²) < 4.78 is 5.61. The first-order valence-corrected chi connectivity index (χ1v) is 6.15. The van der Waals surface area contributed by atoms with E-state index in [0.29, 0.717) is 16.9 Å². The molecule has 0 N–H and O–H groups in total. The van der Waals surface area contributed by atoms with Gasteiger partial charge in [-0.25, -0.2) is 4.79 Å². The Morgan fingerprint density at radius 2 is 2.00 bits per heavy atom. The molecule has 2 aliphatic rings. The second-order valence-corrected chi connectivity index (χ2v) is 6.28. The zero-order chi connectivity index (χ0) is 12.1. The number of hydrogen-bond donors (Lipinski definition) is 0. The molecule has 2 fully saturated rings. The minimum absolute atomic E-state index is 0.0884. The van der Waals surface area contributed by atoms with E-state index in [1.807, 2.05) is 0 Å². The number of esters is 1. The Hall–Kier alpha value is -0.790. The van der Waals surface area contributed by atoms with E-state index in [4.69, 9.17) is 4.74 Å². The molecule has 3 atom stereocenters. The monoisotopic (exact) mass is 222 g/mol. The number of carbonyl (C=O) groups excluding carboxylic acids is 1. The molecule has 0 aromatic rings.